The Kier molecular flexibility index (Phi) is 4.74. The molecule has 0 saturated heterocycles. The van der Waals surface area contributed by atoms with E-state index in [1.165, 1.54) is 23.5 Å². The van der Waals surface area contributed by atoms with E-state index in [4.69, 9.17) is 5.73 Å². The lowest BCUT2D eigenvalue weighted by molar-refractivity contribution is -0.140. The van der Waals surface area contributed by atoms with E-state index < -0.39 is 16.8 Å². The van der Waals surface area contributed by atoms with E-state index in [2.05, 4.69) is 10.3 Å². The molecule has 7 heteroatoms. The predicted octanol–water partition coefficient (Wildman–Crippen LogP) is 2.98. The molecule has 1 heterocycles. The molecular weight excluding hydrogens is 347 g/mol. The third-order valence-corrected chi connectivity index (χ3v) is 6.21. The maximum atomic E-state index is 14.8. The van der Waals surface area contributed by atoms with Crippen molar-refractivity contribution < 1.29 is 14.0 Å². The van der Waals surface area contributed by atoms with Crippen molar-refractivity contribution in [2.24, 2.45) is 22.1 Å². The van der Waals surface area contributed by atoms with Gasteiger partial charge in [0.05, 0.1) is 5.41 Å². The lowest BCUT2D eigenvalue weighted by Crippen LogP contribution is -2.58. The molecule has 2 aliphatic rings. The molecule has 2 amide bonds. The number of amides is 2. The van der Waals surface area contributed by atoms with Crippen LogP contribution in [0.15, 0.2) is 23.2 Å². The Bertz CT molecular complexity index is 816. The molecule has 146 valence electrons. The number of halogens is 1. The second-order valence-electron chi connectivity index (χ2n) is 8.28. The van der Waals surface area contributed by atoms with Crippen molar-refractivity contribution in [2.45, 2.75) is 52.0 Å². The SMILES string of the molecule is CN1C(=O)C(C)(C)[C@@](C)(c2cc(NC(=O)CC3CCC3)ccc2F)N=C1N. The molecule has 1 aliphatic carbocycles. The van der Waals surface area contributed by atoms with Crippen LogP contribution in [-0.2, 0) is 15.1 Å². The zero-order valence-electron chi connectivity index (χ0n) is 16.3. The highest BCUT2D eigenvalue weighted by Gasteiger charge is 2.53. The van der Waals surface area contributed by atoms with Gasteiger partial charge in [0.25, 0.3) is 0 Å². The maximum absolute atomic E-state index is 14.8. The first kappa shape index (κ1) is 19.3. The zero-order chi connectivity index (χ0) is 20.0. The third kappa shape index (κ3) is 3.19. The summed E-state index contributed by atoms with van der Waals surface area (Å²) in [5.41, 5.74) is 4.43. The van der Waals surface area contributed by atoms with Gasteiger partial charge in [-0.1, -0.05) is 6.42 Å². The summed E-state index contributed by atoms with van der Waals surface area (Å²) in [7, 11) is 1.55. The van der Waals surface area contributed by atoms with Crippen molar-refractivity contribution in [3.05, 3.63) is 29.6 Å². The van der Waals surface area contributed by atoms with E-state index in [-0.39, 0.29) is 23.3 Å². The summed E-state index contributed by atoms with van der Waals surface area (Å²) in [6.45, 7) is 5.15. The minimum absolute atomic E-state index is 0.0423. The Labute approximate surface area is 159 Å². The van der Waals surface area contributed by atoms with Crippen LogP contribution in [0.1, 0.15) is 52.0 Å². The third-order valence-electron chi connectivity index (χ3n) is 6.21. The normalized spacial score (nSPS) is 25.0. The van der Waals surface area contributed by atoms with Gasteiger partial charge in [-0.25, -0.2) is 9.38 Å². The van der Waals surface area contributed by atoms with Crippen molar-refractivity contribution in [2.75, 3.05) is 12.4 Å². The number of anilines is 1. The molecule has 3 N–H and O–H groups in total. The molecule has 0 bridgehead atoms. The first-order chi connectivity index (χ1) is 12.6. The average Bonchev–Trinajstić information content (AvgIpc) is 2.57. The van der Waals surface area contributed by atoms with Gasteiger partial charge in [-0.3, -0.25) is 14.5 Å². The van der Waals surface area contributed by atoms with Gasteiger partial charge in [0.2, 0.25) is 11.8 Å². The van der Waals surface area contributed by atoms with Crippen molar-refractivity contribution in [3.63, 3.8) is 0 Å². The van der Waals surface area contributed by atoms with Crippen LogP contribution in [0, 0.1) is 17.2 Å². The molecule has 1 aromatic carbocycles. The van der Waals surface area contributed by atoms with Crippen LogP contribution in [0.5, 0.6) is 0 Å². The Morgan fingerprint density at radius 1 is 1.37 bits per heavy atom. The highest BCUT2D eigenvalue weighted by molar-refractivity contribution is 6.01. The molecule has 1 aromatic rings. The number of aliphatic imine (C=N–C) groups is 1. The highest BCUT2D eigenvalue weighted by atomic mass is 19.1. The number of benzene rings is 1. The van der Waals surface area contributed by atoms with Crippen molar-refractivity contribution in [1.82, 2.24) is 4.90 Å². The molecule has 1 atom stereocenters. The number of nitrogens with two attached hydrogens (primary N) is 1. The fraction of sp³-hybridized carbons (Fsp3) is 0.550. The lowest BCUT2D eigenvalue weighted by Gasteiger charge is -2.46. The number of guanidine groups is 1. The molecule has 6 nitrogen and oxygen atoms in total. The van der Waals surface area contributed by atoms with Crippen LogP contribution >= 0.6 is 0 Å². The van der Waals surface area contributed by atoms with Crippen LogP contribution in [0.2, 0.25) is 0 Å². The molecule has 0 aromatic heterocycles. The largest absolute Gasteiger partial charge is 0.369 e. The molecule has 0 spiro atoms. The Balaban J connectivity index is 1.95. The summed E-state index contributed by atoms with van der Waals surface area (Å²) in [5.74, 6) is -0.324. The molecule has 3 rings (SSSR count). The molecular formula is C20H27FN4O2. The van der Waals surface area contributed by atoms with Gasteiger partial charge in [-0.2, -0.15) is 0 Å². The van der Waals surface area contributed by atoms with Crippen molar-refractivity contribution in [1.29, 1.82) is 0 Å². The Morgan fingerprint density at radius 2 is 2.04 bits per heavy atom. The fourth-order valence-electron chi connectivity index (χ4n) is 3.72. The molecule has 1 aliphatic heterocycles. The summed E-state index contributed by atoms with van der Waals surface area (Å²) in [5, 5.41) is 2.84. The van der Waals surface area contributed by atoms with E-state index in [9.17, 15) is 14.0 Å². The predicted molar refractivity (Wildman–Crippen MR) is 103 cm³/mol. The van der Waals surface area contributed by atoms with Crippen LogP contribution in [0.25, 0.3) is 0 Å². The van der Waals surface area contributed by atoms with Gasteiger partial charge in [-0.15, -0.1) is 0 Å². The number of nitrogens with zero attached hydrogens (tertiary/aromatic N) is 2. The second kappa shape index (κ2) is 6.62. The molecule has 0 radical (unpaired) electrons. The average molecular weight is 374 g/mol. The van der Waals surface area contributed by atoms with E-state index in [0.717, 1.165) is 12.8 Å². The van der Waals surface area contributed by atoms with E-state index in [0.29, 0.717) is 18.0 Å². The lowest BCUT2D eigenvalue weighted by atomic mass is 9.67. The van der Waals surface area contributed by atoms with Gasteiger partial charge in [0.1, 0.15) is 11.4 Å². The Hall–Kier alpha value is -2.44. The van der Waals surface area contributed by atoms with Gasteiger partial charge in [0.15, 0.2) is 5.96 Å². The van der Waals surface area contributed by atoms with Gasteiger partial charge in [-0.05, 0) is 57.7 Å². The summed E-state index contributed by atoms with van der Waals surface area (Å²) in [4.78, 5) is 30.7. The summed E-state index contributed by atoms with van der Waals surface area (Å²) in [6.07, 6.45) is 3.81. The van der Waals surface area contributed by atoms with Crippen LogP contribution in [-0.4, -0.2) is 29.7 Å². The molecule has 0 unspecified atom stereocenters. The number of hydrogen-bond donors (Lipinski definition) is 2. The monoisotopic (exact) mass is 374 g/mol. The van der Waals surface area contributed by atoms with E-state index in [1.807, 2.05) is 0 Å². The highest BCUT2D eigenvalue weighted by Crippen LogP contribution is 2.47. The van der Waals surface area contributed by atoms with E-state index in [1.54, 1.807) is 33.9 Å². The summed E-state index contributed by atoms with van der Waals surface area (Å²) < 4.78 is 14.8. The molecule has 1 saturated carbocycles. The first-order valence-electron chi connectivity index (χ1n) is 9.29. The molecule has 1 fully saturated rings. The van der Waals surface area contributed by atoms with Gasteiger partial charge in [0, 0.05) is 24.7 Å². The minimum Gasteiger partial charge on any atom is -0.369 e. The molecule has 27 heavy (non-hydrogen) atoms. The zero-order valence-corrected chi connectivity index (χ0v) is 16.3. The smallest absolute Gasteiger partial charge is 0.237 e. The number of carbonyl (C=O) groups is 2. The van der Waals surface area contributed by atoms with E-state index >= 15 is 0 Å². The number of hydrogen-bond acceptors (Lipinski definition) is 4. The standard InChI is InChI=1S/C20H27FN4O2/c1-19(2)17(27)25(4)18(22)24-20(19,3)14-11-13(8-9-15(14)21)23-16(26)10-12-6-5-7-12/h8-9,11-12H,5-7,10H2,1-4H3,(H2,22,24)(H,23,26)/t20-/m1/s1. The number of rotatable bonds is 4. The van der Waals surface area contributed by atoms with Gasteiger partial charge >= 0.3 is 0 Å². The number of carbonyl (C=O) groups excluding carboxylic acids is 2. The number of nitrogens with one attached hydrogen (secondary N) is 1. The topological polar surface area (TPSA) is 87.8 Å². The second-order valence-corrected chi connectivity index (χ2v) is 8.28. The van der Waals surface area contributed by atoms with Crippen LogP contribution in [0.4, 0.5) is 10.1 Å². The minimum atomic E-state index is -1.19. The quantitative estimate of drug-likeness (QED) is 0.849. The fourth-order valence-corrected chi connectivity index (χ4v) is 3.72. The van der Waals surface area contributed by atoms with Crippen molar-refractivity contribution in [3.8, 4) is 0 Å². The summed E-state index contributed by atoms with van der Waals surface area (Å²) in [6, 6.07) is 4.38. The van der Waals surface area contributed by atoms with Crippen molar-refractivity contribution >= 4 is 23.5 Å². The van der Waals surface area contributed by atoms with Crippen LogP contribution in [0.3, 0.4) is 0 Å². The maximum Gasteiger partial charge on any atom is 0.237 e. The van der Waals surface area contributed by atoms with Crippen LogP contribution < -0.4 is 11.1 Å². The first-order valence-corrected chi connectivity index (χ1v) is 9.29. The van der Waals surface area contributed by atoms with Gasteiger partial charge < -0.3 is 11.1 Å². The summed E-state index contributed by atoms with van der Waals surface area (Å²) >= 11 is 0. The Morgan fingerprint density at radius 3 is 2.63 bits per heavy atom.